The Morgan fingerprint density at radius 1 is 1.50 bits per heavy atom. The number of halogens is 2. The smallest absolute Gasteiger partial charge is 0.314 e. The number of hydrogen-bond acceptors (Lipinski definition) is 1. The molecule has 1 N–H and O–H groups in total. The lowest BCUT2D eigenvalue weighted by molar-refractivity contribution is -0.147. The van der Waals surface area contributed by atoms with E-state index in [0.29, 0.717) is 22.9 Å². The van der Waals surface area contributed by atoms with Gasteiger partial charge in [0, 0.05) is 10.0 Å². The van der Waals surface area contributed by atoms with Crippen molar-refractivity contribution < 1.29 is 14.3 Å². The van der Waals surface area contributed by atoms with Crippen LogP contribution in [0.5, 0.6) is 0 Å². The minimum Gasteiger partial charge on any atom is -0.481 e. The highest BCUT2D eigenvalue weighted by molar-refractivity contribution is 9.10. The van der Waals surface area contributed by atoms with Gasteiger partial charge in [0.1, 0.15) is 5.82 Å². The van der Waals surface area contributed by atoms with Gasteiger partial charge in [-0.1, -0.05) is 28.4 Å². The molecule has 0 bridgehead atoms. The fourth-order valence-electron chi connectivity index (χ4n) is 2.15. The lowest BCUT2D eigenvalue weighted by Crippen LogP contribution is -2.43. The number of aryl methyl sites for hydroxylation is 1. The summed E-state index contributed by atoms with van der Waals surface area (Å²) in [5, 5.41) is 9.24. The van der Waals surface area contributed by atoms with Gasteiger partial charge in [0.05, 0.1) is 5.41 Å². The Labute approximate surface area is 102 Å². The van der Waals surface area contributed by atoms with Crippen LogP contribution < -0.4 is 0 Å². The van der Waals surface area contributed by atoms with E-state index in [0.717, 1.165) is 12.0 Å². The average Bonchev–Trinajstić information content (AvgIpc) is 2.11. The molecule has 16 heavy (non-hydrogen) atoms. The van der Waals surface area contributed by atoms with E-state index in [1.54, 1.807) is 6.07 Å². The molecular weight excluding hydrogens is 275 g/mol. The molecule has 1 fully saturated rings. The molecule has 0 spiro atoms. The van der Waals surface area contributed by atoms with Crippen LogP contribution in [0, 0.1) is 12.7 Å². The molecule has 1 aliphatic carbocycles. The summed E-state index contributed by atoms with van der Waals surface area (Å²) in [6.07, 6.45) is 1.90. The van der Waals surface area contributed by atoms with Gasteiger partial charge in [0.2, 0.25) is 0 Å². The van der Waals surface area contributed by atoms with Gasteiger partial charge in [-0.05, 0) is 31.4 Å². The summed E-state index contributed by atoms with van der Waals surface area (Å²) in [6.45, 7) is 1.83. The van der Waals surface area contributed by atoms with Crippen molar-refractivity contribution >= 4 is 21.9 Å². The van der Waals surface area contributed by atoms with Gasteiger partial charge in [-0.3, -0.25) is 4.79 Å². The molecule has 0 atom stereocenters. The Hall–Kier alpha value is -0.900. The molecule has 0 aliphatic heterocycles. The standard InChI is InChI=1S/C12H12BrFO2/c1-7-5-8(10(14)6-9(7)13)12(11(15)16)3-2-4-12/h5-6H,2-4H2,1H3,(H,15,16). The molecule has 1 aliphatic rings. The normalized spacial score (nSPS) is 17.9. The molecule has 2 nitrogen and oxygen atoms in total. The topological polar surface area (TPSA) is 37.3 Å². The average molecular weight is 287 g/mol. The number of hydrogen-bond donors (Lipinski definition) is 1. The van der Waals surface area contributed by atoms with Crippen LogP contribution >= 0.6 is 15.9 Å². The van der Waals surface area contributed by atoms with Crippen molar-refractivity contribution in [2.45, 2.75) is 31.6 Å². The zero-order chi connectivity index (χ0) is 11.9. The van der Waals surface area contributed by atoms with Crippen LogP contribution in [0.1, 0.15) is 30.4 Å². The molecule has 1 aromatic rings. The maximum absolute atomic E-state index is 13.8. The van der Waals surface area contributed by atoms with Crippen LogP contribution in [-0.4, -0.2) is 11.1 Å². The molecular formula is C12H12BrFO2. The Morgan fingerprint density at radius 3 is 2.56 bits per heavy atom. The predicted molar refractivity (Wildman–Crippen MR) is 62.0 cm³/mol. The lowest BCUT2D eigenvalue weighted by Gasteiger charge is -2.38. The number of carbonyl (C=O) groups is 1. The number of benzene rings is 1. The van der Waals surface area contributed by atoms with Crippen molar-refractivity contribution in [2.75, 3.05) is 0 Å². The molecule has 0 unspecified atom stereocenters. The van der Waals surface area contributed by atoms with Gasteiger partial charge < -0.3 is 5.11 Å². The van der Waals surface area contributed by atoms with E-state index in [4.69, 9.17) is 0 Å². The Kier molecular flexibility index (Phi) is 2.78. The number of carboxylic acids is 1. The van der Waals surface area contributed by atoms with Crippen LogP contribution in [0.25, 0.3) is 0 Å². The van der Waals surface area contributed by atoms with Crippen molar-refractivity contribution in [1.82, 2.24) is 0 Å². The fraction of sp³-hybridized carbons (Fsp3) is 0.417. The maximum atomic E-state index is 13.8. The molecule has 2 rings (SSSR count). The third-order valence-corrected chi connectivity index (χ3v) is 4.23. The first-order chi connectivity index (χ1) is 7.47. The van der Waals surface area contributed by atoms with Crippen LogP contribution in [-0.2, 0) is 10.2 Å². The van der Waals surface area contributed by atoms with E-state index in [2.05, 4.69) is 15.9 Å². The van der Waals surface area contributed by atoms with E-state index >= 15 is 0 Å². The summed E-state index contributed by atoms with van der Waals surface area (Å²) in [4.78, 5) is 11.3. The second-order valence-electron chi connectivity index (χ2n) is 4.32. The highest BCUT2D eigenvalue weighted by Gasteiger charge is 2.47. The van der Waals surface area contributed by atoms with Crippen LogP contribution in [0.3, 0.4) is 0 Å². The summed E-state index contributed by atoms with van der Waals surface area (Å²) in [7, 11) is 0. The van der Waals surface area contributed by atoms with Crippen LogP contribution in [0.4, 0.5) is 4.39 Å². The van der Waals surface area contributed by atoms with Gasteiger partial charge in [0.15, 0.2) is 0 Å². The number of aliphatic carboxylic acids is 1. The Bertz CT molecular complexity index is 453. The van der Waals surface area contributed by atoms with Crippen molar-refractivity contribution in [3.8, 4) is 0 Å². The minimum absolute atomic E-state index is 0.326. The zero-order valence-electron chi connectivity index (χ0n) is 8.89. The Morgan fingerprint density at radius 2 is 2.12 bits per heavy atom. The van der Waals surface area contributed by atoms with Crippen LogP contribution in [0.15, 0.2) is 16.6 Å². The zero-order valence-corrected chi connectivity index (χ0v) is 10.5. The van der Waals surface area contributed by atoms with E-state index in [1.165, 1.54) is 6.07 Å². The largest absolute Gasteiger partial charge is 0.481 e. The second kappa shape index (κ2) is 3.84. The van der Waals surface area contributed by atoms with Gasteiger partial charge in [-0.15, -0.1) is 0 Å². The summed E-state index contributed by atoms with van der Waals surface area (Å²) in [6, 6.07) is 3.00. The first kappa shape index (κ1) is 11.6. The van der Waals surface area contributed by atoms with Crippen molar-refractivity contribution in [3.63, 3.8) is 0 Å². The first-order valence-corrected chi connectivity index (χ1v) is 5.96. The highest BCUT2D eigenvalue weighted by atomic mass is 79.9. The highest BCUT2D eigenvalue weighted by Crippen LogP contribution is 2.45. The summed E-state index contributed by atoms with van der Waals surface area (Å²) in [5.41, 5.74) is 0.200. The number of carboxylic acid groups (broad SMARTS) is 1. The van der Waals surface area contributed by atoms with Gasteiger partial charge >= 0.3 is 5.97 Å². The number of rotatable bonds is 2. The molecule has 0 saturated heterocycles. The third kappa shape index (κ3) is 1.56. The van der Waals surface area contributed by atoms with Crippen molar-refractivity contribution in [3.05, 3.63) is 33.5 Å². The summed E-state index contributed by atoms with van der Waals surface area (Å²) in [5.74, 6) is -1.35. The molecule has 4 heteroatoms. The minimum atomic E-state index is -0.991. The lowest BCUT2D eigenvalue weighted by atomic mass is 9.64. The molecule has 1 saturated carbocycles. The molecule has 0 amide bonds. The van der Waals surface area contributed by atoms with E-state index in [-0.39, 0.29) is 0 Å². The molecule has 86 valence electrons. The quantitative estimate of drug-likeness (QED) is 0.905. The second-order valence-corrected chi connectivity index (χ2v) is 5.18. The summed E-state index contributed by atoms with van der Waals surface area (Å²) >= 11 is 3.24. The van der Waals surface area contributed by atoms with Gasteiger partial charge in [-0.25, -0.2) is 4.39 Å². The predicted octanol–water partition coefficient (Wildman–Crippen LogP) is 3.40. The third-order valence-electron chi connectivity index (χ3n) is 3.38. The Balaban J connectivity index is 2.55. The van der Waals surface area contributed by atoms with E-state index in [9.17, 15) is 14.3 Å². The molecule has 1 aromatic carbocycles. The van der Waals surface area contributed by atoms with Crippen molar-refractivity contribution in [2.24, 2.45) is 0 Å². The first-order valence-electron chi connectivity index (χ1n) is 5.17. The van der Waals surface area contributed by atoms with Crippen LogP contribution in [0.2, 0.25) is 0 Å². The van der Waals surface area contributed by atoms with E-state index in [1.807, 2.05) is 6.92 Å². The van der Waals surface area contributed by atoms with Gasteiger partial charge in [0.25, 0.3) is 0 Å². The molecule has 0 heterocycles. The van der Waals surface area contributed by atoms with Crippen molar-refractivity contribution in [1.29, 1.82) is 0 Å². The van der Waals surface area contributed by atoms with E-state index < -0.39 is 17.2 Å². The molecule has 0 aromatic heterocycles. The molecule has 0 radical (unpaired) electrons. The fourth-order valence-corrected chi connectivity index (χ4v) is 2.47. The SMILES string of the molecule is Cc1cc(C2(C(=O)O)CCC2)c(F)cc1Br. The monoisotopic (exact) mass is 286 g/mol. The summed E-state index contributed by atoms with van der Waals surface area (Å²) < 4.78 is 14.5. The van der Waals surface area contributed by atoms with Gasteiger partial charge in [-0.2, -0.15) is 0 Å². The maximum Gasteiger partial charge on any atom is 0.314 e.